The molecule has 1 saturated carbocycles. The summed E-state index contributed by atoms with van der Waals surface area (Å²) in [6.07, 6.45) is 0.646. The average molecular weight is 362 g/mol. The summed E-state index contributed by atoms with van der Waals surface area (Å²) in [5.74, 6) is 0.445. The highest BCUT2D eigenvalue weighted by molar-refractivity contribution is 5.60. The SMILES string of the molecule is FC(F)(F)c1cccc(-c2ccc(C3CC3NC3CCOCC3)cn2)c1. The Morgan fingerprint density at radius 2 is 1.88 bits per heavy atom. The van der Waals surface area contributed by atoms with Gasteiger partial charge in [0.25, 0.3) is 0 Å². The lowest BCUT2D eigenvalue weighted by Crippen LogP contribution is -2.36. The topological polar surface area (TPSA) is 34.1 Å². The van der Waals surface area contributed by atoms with E-state index < -0.39 is 11.7 Å². The maximum absolute atomic E-state index is 12.9. The van der Waals surface area contributed by atoms with Gasteiger partial charge in [-0.2, -0.15) is 13.2 Å². The molecule has 2 unspecified atom stereocenters. The lowest BCUT2D eigenvalue weighted by atomic mass is 10.1. The third-order valence-electron chi connectivity index (χ3n) is 5.16. The first-order valence-electron chi connectivity index (χ1n) is 8.98. The minimum absolute atomic E-state index is 0.445. The quantitative estimate of drug-likeness (QED) is 0.876. The van der Waals surface area contributed by atoms with Crippen molar-refractivity contribution in [3.05, 3.63) is 53.7 Å². The van der Waals surface area contributed by atoms with Crippen LogP contribution in [0.5, 0.6) is 0 Å². The Morgan fingerprint density at radius 1 is 1.08 bits per heavy atom. The van der Waals surface area contributed by atoms with E-state index in [2.05, 4.69) is 10.3 Å². The Morgan fingerprint density at radius 3 is 2.58 bits per heavy atom. The normalized spacial score (nSPS) is 23.8. The molecule has 0 amide bonds. The van der Waals surface area contributed by atoms with Crippen LogP contribution in [0, 0.1) is 0 Å². The molecule has 2 aliphatic rings. The molecule has 2 aromatic rings. The Labute approximate surface area is 150 Å². The Balaban J connectivity index is 1.41. The number of hydrogen-bond donors (Lipinski definition) is 1. The van der Waals surface area contributed by atoms with Gasteiger partial charge >= 0.3 is 6.18 Å². The third-order valence-corrected chi connectivity index (χ3v) is 5.16. The number of nitrogens with zero attached hydrogens (tertiary/aromatic N) is 1. The lowest BCUT2D eigenvalue weighted by molar-refractivity contribution is -0.137. The van der Waals surface area contributed by atoms with Crippen LogP contribution in [0.15, 0.2) is 42.6 Å². The van der Waals surface area contributed by atoms with Gasteiger partial charge in [0.15, 0.2) is 0 Å². The summed E-state index contributed by atoms with van der Waals surface area (Å²) in [5, 5.41) is 3.68. The number of rotatable bonds is 4. The highest BCUT2D eigenvalue weighted by Gasteiger charge is 2.39. The van der Waals surface area contributed by atoms with Crippen LogP contribution in [0.3, 0.4) is 0 Å². The van der Waals surface area contributed by atoms with E-state index >= 15 is 0 Å². The lowest BCUT2D eigenvalue weighted by Gasteiger charge is -2.23. The summed E-state index contributed by atoms with van der Waals surface area (Å²) in [5.41, 5.74) is 1.54. The fraction of sp³-hybridized carbons (Fsp3) is 0.450. The van der Waals surface area contributed by atoms with Crippen molar-refractivity contribution in [1.82, 2.24) is 10.3 Å². The minimum atomic E-state index is -4.34. The first kappa shape index (κ1) is 17.5. The van der Waals surface area contributed by atoms with E-state index in [1.54, 1.807) is 12.3 Å². The van der Waals surface area contributed by atoms with Crippen molar-refractivity contribution in [3.8, 4) is 11.3 Å². The molecule has 4 rings (SSSR count). The van der Waals surface area contributed by atoms with E-state index in [0.717, 1.165) is 50.2 Å². The number of ether oxygens (including phenoxy) is 1. The largest absolute Gasteiger partial charge is 0.416 e. The number of alkyl halides is 3. The zero-order chi connectivity index (χ0) is 18.1. The number of pyridine rings is 1. The van der Waals surface area contributed by atoms with Crippen molar-refractivity contribution in [2.75, 3.05) is 13.2 Å². The van der Waals surface area contributed by atoms with Crippen molar-refractivity contribution in [3.63, 3.8) is 0 Å². The van der Waals surface area contributed by atoms with E-state index in [-0.39, 0.29) is 0 Å². The number of nitrogens with one attached hydrogen (secondary N) is 1. The van der Waals surface area contributed by atoms with Gasteiger partial charge in [0.1, 0.15) is 0 Å². The van der Waals surface area contributed by atoms with E-state index in [1.807, 2.05) is 12.1 Å². The summed E-state index contributed by atoms with van der Waals surface area (Å²) in [6.45, 7) is 1.64. The molecule has 6 heteroatoms. The van der Waals surface area contributed by atoms with Crippen LogP contribution in [-0.4, -0.2) is 30.3 Å². The van der Waals surface area contributed by atoms with Crippen LogP contribution < -0.4 is 5.32 Å². The summed E-state index contributed by atoms with van der Waals surface area (Å²) >= 11 is 0. The number of aromatic nitrogens is 1. The predicted molar refractivity (Wildman–Crippen MR) is 92.8 cm³/mol. The standard InChI is InChI=1S/C20H21F3N2O/c21-20(22,23)15-3-1-2-13(10-15)18-5-4-14(12-24-18)17-11-19(17)25-16-6-8-26-9-7-16/h1-5,10,12,16-17,19,25H,6-9,11H2. The van der Waals surface area contributed by atoms with E-state index in [4.69, 9.17) is 4.74 Å². The second-order valence-electron chi connectivity index (χ2n) is 7.06. The van der Waals surface area contributed by atoms with Gasteiger partial charge in [0.05, 0.1) is 11.3 Å². The minimum Gasteiger partial charge on any atom is -0.381 e. The smallest absolute Gasteiger partial charge is 0.381 e. The summed E-state index contributed by atoms with van der Waals surface area (Å²) < 4.78 is 44.0. The van der Waals surface area contributed by atoms with Gasteiger partial charge < -0.3 is 10.1 Å². The van der Waals surface area contributed by atoms with Crippen LogP contribution >= 0.6 is 0 Å². The molecule has 0 bridgehead atoms. The molecule has 2 heterocycles. The van der Waals surface area contributed by atoms with Gasteiger partial charge in [-0.3, -0.25) is 4.98 Å². The van der Waals surface area contributed by atoms with Gasteiger partial charge in [-0.05, 0) is 43.0 Å². The van der Waals surface area contributed by atoms with Crippen molar-refractivity contribution >= 4 is 0 Å². The molecule has 3 nitrogen and oxygen atoms in total. The first-order chi connectivity index (χ1) is 12.5. The van der Waals surface area contributed by atoms with Gasteiger partial charge in [-0.1, -0.05) is 18.2 Å². The molecule has 1 aromatic heterocycles. The highest BCUT2D eigenvalue weighted by Crippen LogP contribution is 2.41. The third kappa shape index (κ3) is 3.91. The molecular weight excluding hydrogens is 341 g/mol. The molecule has 1 N–H and O–H groups in total. The maximum atomic E-state index is 12.9. The molecule has 1 aliphatic carbocycles. The zero-order valence-corrected chi connectivity index (χ0v) is 14.3. The fourth-order valence-electron chi connectivity index (χ4n) is 3.56. The summed E-state index contributed by atoms with van der Waals surface area (Å²) in [4.78, 5) is 4.40. The Bertz CT molecular complexity index is 754. The zero-order valence-electron chi connectivity index (χ0n) is 14.3. The number of hydrogen-bond acceptors (Lipinski definition) is 3. The highest BCUT2D eigenvalue weighted by atomic mass is 19.4. The van der Waals surface area contributed by atoms with Crippen molar-refractivity contribution in [2.45, 2.75) is 43.4 Å². The molecule has 1 aromatic carbocycles. The van der Waals surface area contributed by atoms with Crippen LogP contribution in [0.2, 0.25) is 0 Å². The molecule has 1 aliphatic heterocycles. The molecular formula is C20H21F3N2O. The molecule has 1 saturated heterocycles. The second kappa shape index (κ2) is 7.00. The van der Waals surface area contributed by atoms with Crippen molar-refractivity contribution in [2.24, 2.45) is 0 Å². The van der Waals surface area contributed by atoms with Crippen LogP contribution in [0.25, 0.3) is 11.3 Å². The van der Waals surface area contributed by atoms with Gasteiger partial charge in [0, 0.05) is 43.0 Å². The van der Waals surface area contributed by atoms with E-state index in [9.17, 15) is 13.2 Å². The van der Waals surface area contributed by atoms with E-state index in [0.29, 0.717) is 29.3 Å². The average Bonchev–Trinajstić information content (AvgIpc) is 3.41. The molecule has 138 valence electrons. The molecule has 2 atom stereocenters. The van der Waals surface area contributed by atoms with Gasteiger partial charge in [-0.15, -0.1) is 0 Å². The van der Waals surface area contributed by atoms with Crippen LogP contribution in [0.4, 0.5) is 13.2 Å². The van der Waals surface area contributed by atoms with Crippen molar-refractivity contribution in [1.29, 1.82) is 0 Å². The molecule has 26 heavy (non-hydrogen) atoms. The fourth-order valence-corrected chi connectivity index (χ4v) is 3.56. The summed E-state index contributed by atoms with van der Waals surface area (Å²) in [7, 11) is 0. The van der Waals surface area contributed by atoms with E-state index in [1.165, 1.54) is 6.07 Å². The van der Waals surface area contributed by atoms with Gasteiger partial charge in [0.2, 0.25) is 0 Å². The maximum Gasteiger partial charge on any atom is 0.416 e. The number of halogens is 3. The predicted octanol–water partition coefficient (Wildman–Crippen LogP) is 4.39. The molecule has 0 spiro atoms. The first-order valence-corrected chi connectivity index (χ1v) is 8.98. The van der Waals surface area contributed by atoms with Crippen molar-refractivity contribution < 1.29 is 17.9 Å². The molecule has 0 radical (unpaired) electrons. The van der Waals surface area contributed by atoms with Crippen LogP contribution in [-0.2, 0) is 10.9 Å². The second-order valence-corrected chi connectivity index (χ2v) is 7.06. The Hall–Kier alpha value is -1.92. The van der Waals surface area contributed by atoms with Gasteiger partial charge in [-0.25, -0.2) is 0 Å². The van der Waals surface area contributed by atoms with Crippen LogP contribution in [0.1, 0.15) is 36.3 Å². The molecule has 2 fully saturated rings. The number of benzene rings is 1. The summed E-state index contributed by atoms with van der Waals surface area (Å²) in [6, 6.07) is 10.1. The Kier molecular flexibility index (Phi) is 4.71. The monoisotopic (exact) mass is 362 g/mol.